The topological polar surface area (TPSA) is 79.6 Å². The number of aromatic amines is 2. The standard InChI is InChI=1S/C12H12N4O/c13-8-3-4-10-11(6-8)16(12(17)15-10)7-9-2-1-5-14-9/h1-6,14H,7,13H2,(H,15,17). The first-order chi connectivity index (χ1) is 8.24. The molecule has 0 atom stereocenters. The minimum Gasteiger partial charge on any atom is -0.399 e. The van der Waals surface area contributed by atoms with Gasteiger partial charge < -0.3 is 15.7 Å². The van der Waals surface area contributed by atoms with E-state index < -0.39 is 0 Å². The zero-order valence-electron chi connectivity index (χ0n) is 9.10. The number of nitrogen functional groups attached to an aromatic ring is 1. The van der Waals surface area contributed by atoms with Crippen LogP contribution in [0, 0.1) is 0 Å². The number of fused-ring (bicyclic) bond motifs is 1. The number of hydrogen-bond acceptors (Lipinski definition) is 2. The van der Waals surface area contributed by atoms with Crippen molar-refractivity contribution in [1.29, 1.82) is 0 Å². The summed E-state index contributed by atoms with van der Waals surface area (Å²) in [6.07, 6.45) is 1.84. The molecule has 17 heavy (non-hydrogen) atoms. The van der Waals surface area contributed by atoms with Gasteiger partial charge in [-0.05, 0) is 30.3 Å². The van der Waals surface area contributed by atoms with Gasteiger partial charge >= 0.3 is 5.69 Å². The molecule has 0 spiro atoms. The highest BCUT2D eigenvalue weighted by Gasteiger charge is 2.07. The van der Waals surface area contributed by atoms with Gasteiger partial charge in [-0.2, -0.15) is 0 Å². The second kappa shape index (κ2) is 3.55. The van der Waals surface area contributed by atoms with Crippen LogP contribution in [0.5, 0.6) is 0 Å². The van der Waals surface area contributed by atoms with E-state index in [-0.39, 0.29) is 5.69 Å². The summed E-state index contributed by atoms with van der Waals surface area (Å²) < 4.78 is 1.66. The van der Waals surface area contributed by atoms with Crippen LogP contribution in [-0.4, -0.2) is 14.5 Å². The van der Waals surface area contributed by atoms with E-state index in [9.17, 15) is 4.79 Å². The van der Waals surface area contributed by atoms with Gasteiger partial charge in [-0.25, -0.2) is 4.79 Å². The predicted molar refractivity (Wildman–Crippen MR) is 66.9 cm³/mol. The lowest BCUT2D eigenvalue weighted by molar-refractivity contribution is 0.770. The van der Waals surface area contributed by atoms with Crippen LogP contribution < -0.4 is 11.4 Å². The smallest absolute Gasteiger partial charge is 0.326 e. The van der Waals surface area contributed by atoms with E-state index in [4.69, 9.17) is 5.73 Å². The Morgan fingerprint density at radius 3 is 2.94 bits per heavy atom. The van der Waals surface area contributed by atoms with E-state index in [1.807, 2.05) is 24.4 Å². The van der Waals surface area contributed by atoms with Crippen molar-refractivity contribution in [3.8, 4) is 0 Å². The highest BCUT2D eigenvalue weighted by Crippen LogP contribution is 2.14. The Morgan fingerprint density at radius 2 is 2.18 bits per heavy atom. The Kier molecular flexibility index (Phi) is 2.04. The lowest BCUT2D eigenvalue weighted by Crippen LogP contribution is -2.17. The lowest BCUT2D eigenvalue weighted by Gasteiger charge is -2.01. The van der Waals surface area contributed by atoms with Crippen molar-refractivity contribution in [2.75, 3.05) is 5.73 Å². The summed E-state index contributed by atoms with van der Waals surface area (Å²) in [4.78, 5) is 17.7. The van der Waals surface area contributed by atoms with Gasteiger partial charge in [0.05, 0.1) is 17.6 Å². The van der Waals surface area contributed by atoms with Crippen LogP contribution in [0.15, 0.2) is 41.3 Å². The third-order valence-electron chi connectivity index (χ3n) is 2.79. The number of anilines is 1. The molecule has 1 aromatic carbocycles. The van der Waals surface area contributed by atoms with E-state index in [1.54, 1.807) is 16.7 Å². The Morgan fingerprint density at radius 1 is 1.29 bits per heavy atom. The van der Waals surface area contributed by atoms with Gasteiger partial charge in [0, 0.05) is 17.6 Å². The van der Waals surface area contributed by atoms with Crippen molar-refractivity contribution >= 4 is 16.7 Å². The number of hydrogen-bond donors (Lipinski definition) is 3. The molecule has 0 aliphatic carbocycles. The highest BCUT2D eigenvalue weighted by molar-refractivity contribution is 5.79. The van der Waals surface area contributed by atoms with Gasteiger partial charge in [0.1, 0.15) is 0 Å². The Bertz CT molecular complexity index is 706. The largest absolute Gasteiger partial charge is 0.399 e. The Labute approximate surface area is 96.9 Å². The zero-order valence-corrected chi connectivity index (χ0v) is 9.10. The van der Waals surface area contributed by atoms with Crippen molar-refractivity contribution in [2.24, 2.45) is 0 Å². The molecule has 0 aliphatic rings. The molecule has 2 heterocycles. The second-order valence-electron chi connectivity index (χ2n) is 3.99. The molecule has 0 saturated carbocycles. The van der Waals surface area contributed by atoms with Gasteiger partial charge in [0.25, 0.3) is 0 Å². The Balaban J connectivity index is 2.17. The number of nitrogens with zero attached hydrogens (tertiary/aromatic N) is 1. The molecule has 2 aromatic heterocycles. The summed E-state index contributed by atoms with van der Waals surface area (Å²) >= 11 is 0. The summed E-state index contributed by atoms with van der Waals surface area (Å²) in [6, 6.07) is 9.24. The molecule has 3 aromatic rings. The molecule has 3 rings (SSSR count). The van der Waals surface area contributed by atoms with Gasteiger partial charge in [0.15, 0.2) is 0 Å². The average Bonchev–Trinajstić information content (AvgIpc) is 2.90. The van der Waals surface area contributed by atoms with Crippen molar-refractivity contribution in [3.63, 3.8) is 0 Å². The molecular formula is C12H12N4O. The van der Waals surface area contributed by atoms with E-state index in [2.05, 4.69) is 9.97 Å². The molecule has 86 valence electrons. The highest BCUT2D eigenvalue weighted by atomic mass is 16.1. The number of H-pyrrole nitrogens is 2. The van der Waals surface area contributed by atoms with Crippen molar-refractivity contribution in [2.45, 2.75) is 6.54 Å². The molecule has 0 radical (unpaired) electrons. The normalized spacial score (nSPS) is 11.1. The number of rotatable bonds is 2. The van der Waals surface area contributed by atoms with Crippen LogP contribution in [0.3, 0.4) is 0 Å². The third-order valence-corrected chi connectivity index (χ3v) is 2.79. The van der Waals surface area contributed by atoms with Gasteiger partial charge in [-0.1, -0.05) is 0 Å². The SMILES string of the molecule is Nc1ccc2[nH]c(=O)n(Cc3ccc[nH]3)c2c1. The average molecular weight is 228 g/mol. The number of nitrogens with one attached hydrogen (secondary N) is 2. The maximum Gasteiger partial charge on any atom is 0.326 e. The molecule has 0 unspecified atom stereocenters. The Hall–Kier alpha value is -2.43. The fraction of sp³-hybridized carbons (Fsp3) is 0.0833. The zero-order chi connectivity index (χ0) is 11.8. The first-order valence-electron chi connectivity index (χ1n) is 5.34. The monoisotopic (exact) mass is 228 g/mol. The fourth-order valence-corrected chi connectivity index (χ4v) is 1.96. The van der Waals surface area contributed by atoms with E-state index >= 15 is 0 Å². The molecule has 0 fully saturated rings. The van der Waals surface area contributed by atoms with Crippen LogP contribution in [-0.2, 0) is 6.54 Å². The van der Waals surface area contributed by atoms with Crippen LogP contribution in [0.1, 0.15) is 5.69 Å². The van der Waals surface area contributed by atoms with E-state index in [1.165, 1.54) is 0 Å². The number of nitrogens with two attached hydrogens (primary N) is 1. The first-order valence-corrected chi connectivity index (χ1v) is 5.34. The molecular weight excluding hydrogens is 216 g/mol. The van der Waals surface area contributed by atoms with E-state index in [0.29, 0.717) is 12.2 Å². The molecule has 5 heteroatoms. The number of imidazole rings is 1. The summed E-state index contributed by atoms with van der Waals surface area (Å²) in [5.41, 5.74) is 8.87. The predicted octanol–water partition coefficient (Wildman–Crippen LogP) is 1.29. The number of aromatic nitrogens is 3. The second-order valence-corrected chi connectivity index (χ2v) is 3.99. The van der Waals surface area contributed by atoms with Crippen LogP contribution in [0.4, 0.5) is 5.69 Å². The summed E-state index contributed by atoms with van der Waals surface area (Å²) in [6.45, 7) is 0.509. The van der Waals surface area contributed by atoms with Gasteiger partial charge in [-0.3, -0.25) is 4.57 Å². The molecule has 5 nitrogen and oxygen atoms in total. The molecule has 0 aliphatic heterocycles. The summed E-state index contributed by atoms with van der Waals surface area (Å²) in [5.74, 6) is 0. The van der Waals surface area contributed by atoms with E-state index in [0.717, 1.165) is 16.7 Å². The van der Waals surface area contributed by atoms with Gasteiger partial charge in [0.2, 0.25) is 0 Å². The lowest BCUT2D eigenvalue weighted by atomic mass is 10.3. The summed E-state index contributed by atoms with van der Waals surface area (Å²) in [7, 11) is 0. The van der Waals surface area contributed by atoms with Crippen LogP contribution in [0.25, 0.3) is 11.0 Å². The maximum atomic E-state index is 11.8. The minimum atomic E-state index is -0.125. The van der Waals surface area contributed by atoms with Crippen molar-refractivity contribution in [1.82, 2.24) is 14.5 Å². The summed E-state index contributed by atoms with van der Waals surface area (Å²) in [5, 5.41) is 0. The van der Waals surface area contributed by atoms with Crippen LogP contribution >= 0.6 is 0 Å². The maximum absolute atomic E-state index is 11.8. The molecule has 0 bridgehead atoms. The molecule has 4 N–H and O–H groups in total. The quantitative estimate of drug-likeness (QED) is 0.578. The van der Waals surface area contributed by atoms with Crippen molar-refractivity contribution in [3.05, 3.63) is 52.7 Å². The number of benzene rings is 1. The van der Waals surface area contributed by atoms with Gasteiger partial charge in [-0.15, -0.1) is 0 Å². The minimum absolute atomic E-state index is 0.125. The molecule has 0 saturated heterocycles. The van der Waals surface area contributed by atoms with Crippen molar-refractivity contribution < 1.29 is 0 Å². The molecule has 0 amide bonds. The van der Waals surface area contributed by atoms with Crippen LogP contribution in [0.2, 0.25) is 0 Å². The fourth-order valence-electron chi connectivity index (χ4n) is 1.96. The first kappa shape index (κ1) is 9.77. The third kappa shape index (κ3) is 1.61.